The minimum absolute atomic E-state index is 0.0612. The maximum absolute atomic E-state index is 13.7. The average molecular weight is 241 g/mol. The predicted octanol–water partition coefficient (Wildman–Crippen LogP) is 1.87. The molecule has 0 saturated carbocycles. The number of aliphatic hydroxyl groups is 1. The smallest absolute Gasteiger partial charge is 0.167 e. The molecule has 0 heterocycles. The second kappa shape index (κ2) is 5.98. The van der Waals surface area contributed by atoms with Gasteiger partial charge in [0.1, 0.15) is 6.61 Å². The maximum atomic E-state index is 13.7. The van der Waals surface area contributed by atoms with Crippen LogP contribution in [0.3, 0.4) is 0 Å². The van der Waals surface area contributed by atoms with Gasteiger partial charge in [-0.05, 0) is 32.0 Å². The summed E-state index contributed by atoms with van der Waals surface area (Å²) in [5.74, 6) is -0.119. The number of ether oxygens (including phenoxy) is 1. The van der Waals surface area contributed by atoms with E-state index in [4.69, 9.17) is 4.74 Å². The fourth-order valence-corrected chi connectivity index (χ4v) is 1.55. The van der Waals surface area contributed by atoms with Crippen LogP contribution in [0.2, 0.25) is 0 Å². The molecule has 4 heteroatoms. The van der Waals surface area contributed by atoms with E-state index in [9.17, 15) is 9.50 Å². The highest BCUT2D eigenvalue weighted by molar-refractivity contribution is 5.30. The Morgan fingerprint density at radius 2 is 2.18 bits per heavy atom. The molecule has 0 saturated heterocycles. The van der Waals surface area contributed by atoms with E-state index >= 15 is 0 Å². The van der Waals surface area contributed by atoms with Gasteiger partial charge in [0, 0.05) is 0 Å². The number of halogens is 1. The number of rotatable bonds is 6. The van der Waals surface area contributed by atoms with Gasteiger partial charge in [-0.15, -0.1) is 0 Å². The van der Waals surface area contributed by atoms with Crippen molar-refractivity contribution in [2.45, 2.75) is 26.3 Å². The Bertz CT molecular complexity index is 370. The molecule has 96 valence electrons. The zero-order valence-corrected chi connectivity index (χ0v) is 10.6. The summed E-state index contributed by atoms with van der Waals surface area (Å²) >= 11 is 0. The summed E-state index contributed by atoms with van der Waals surface area (Å²) in [5.41, 5.74) is 0.00180. The van der Waals surface area contributed by atoms with Crippen LogP contribution in [0.5, 0.6) is 5.75 Å². The molecule has 0 amide bonds. The molecule has 1 rings (SSSR count). The zero-order valence-electron chi connectivity index (χ0n) is 10.6. The van der Waals surface area contributed by atoms with E-state index in [0.29, 0.717) is 5.56 Å². The third kappa shape index (κ3) is 3.68. The lowest BCUT2D eigenvalue weighted by molar-refractivity contribution is 0.115. The van der Waals surface area contributed by atoms with Gasteiger partial charge in [-0.1, -0.05) is 19.1 Å². The highest BCUT2D eigenvalue weighted by atomic mass is 19.1. The van der Waals surface area contributed by atoms with E-state index < -0.39 is 5.54 Å². The maximum Gasteiger partial charge on any atom is 0.167 e. The summed E-state index contributed by atoms with van der Waals surface area (Å²) in [6.07, 6.45) is 0. The van der Waals surface area contributed by atoms with Crippen molar-refractivity contribution in [2.24, 2.45) is 0 Å². The average Bonchev–Trinajstić information content (AvgIpc) is 2.31. The van der Waals surface area contributed by atoms with Crippen molar-refractivity contribution >= 4 is 0 Å². The number of aryl methyl sites for hydroxylation is 1. The van der Waals surface area contributed by atoms with E-state index in [1.165, 1.54) is 0 Å². The summed E-state index contributed by atoms with van der Waals surface area (Å²) in [6, 6.07) is 5.03. The van der Waals surface area contributed by atoms with E-state index in [1.807, 2.05) is 13.8 Å². The molecule has 2 N–H and O–H groups in total. The number of hydrogen-bond donors (Lipinski definition) is 2. The van der Waals surface area contributed by atoms with Crippen LogP contribution in [0, 0.1) is 12.7 Å². The first-order valence-electron chi connectivity index (χ1n) is 5.76. The predicted molar refractivity (Wildman–Crippen MR) is 65.8 cm³/mol. The van der Waals surface area contributed by atoms with Gasteiger partial charge in [-0.2, -0.15) is 0 Å². The van der Waals surface area contributed by atoms with Gasteiger partial charge in [0.15, 0.2) is 11.6 Å². The summed E-state index contributed by atoms with van der Waals surface area (Å²) in [4.78, 5) is 0. The van der Waals surface area contributed by atoms with Gasteiger partial charge in [0.2, 0.25) is 0 Å². The van der Waals surface area contributed by atoms with Gasteiger partial charge in [-0.25, -0.2) is 4.39 Å². The second-order valence-electron chi connectivity index (χ2n) is 4.42. The number of likely N-dealkylation sites (N-methyl/N-ethyl adjacent to an activating group) is 1. The summed E-state index contributed by atoms with van der Waals surface area (Å²) in [6.45, 7) is 6.35. The Kier molecular flexibility index (Phi) is 4.90. The quantitative estimate of drug-likeness (QED) is 0.799. The van der Waals surface area contributed by atoms with Crippen LogP contribution in [0.15, 0.2) is 18.2 Å². The van der Waals surface area contributed by atoms with E-state index in [-0.39, 0.29) is 24.8 Å². The standard InChI is InChI=1S/C13H20FNO2/c1-4-15-13(3,8-16)9-17-11-7-5-6-10(2)12(11)14/h5-7,15-16H,4,8-9H2,1-3H3. The van der Waals surface area contributed by atoms with Crippen molar-refractivity contribution < 1.29 is 14.2 Å². The van der Waals surface area contributed by atoms with Crippen LogP contribution in [-0.2, 0) is 0 Å². The molecule has 0 aliphatic heterocycles. The summed E-state index contributed by atoms with van der Waals surface area (Å²) < 4.78 is 19.1. The fourth-order valence-electron chi connectivity index (χ4n) is 1.55. The largest absolute Gasteiger partial charge is 0.488 e. The van der Waals surface area contributed by atoms with Crippen LogP contribution in [-0.4, -0.2) is 30.4 Å². The van der Waals surface area contributed by atoms with E-state index in [2.05, 4.69) is 5.32 Å². The van der Waals surface area contributed by atoms with Crippen molar-refractivity contribution in [1.29, 1.82) is 0 Å². The minimum atomic E-state index is -0.551. The Morgan fingerprint density at radius 1 is 1.47 bits per heavy atom. The SMILES string of the molecule is CCNC(C)(CO)COc1cccc(C)c1F. The van der Waals surface area contributed by atoms with Gasteiger partial charge in [-0.3, -0.25) is 0 Å². The molecule has 0 fully saturated rings. The van der Waals surface area contributed by atoms with Crippen molar-refractivity contribution in [3.63, 3.8) is 0 Å². The zero-order chi connectivity index (χ0) is 12.9. The fraction of sp³-hybridized carbons (Fsp3) is 0.538. The molecule has 1 atom stereocenters. The van der Waals surface area contributed by atoms with Crippen LogP contribution >= 0.6 is 0 Å². The van der Waals surface area contributed by atoms with Crippen LogP contribution < -0.4 is 10.1 Å². The van der Waals surface area contributed by atoms with E-state index in [0.717, 1.165) is 6.54 Å². The molecular formula is C13H20FNO2. The molecular weight excluding hydrogens is 221 g/mol. The lowest BCUT2D eigenvalue weighted by Gasteiger charge is -2.28. The first kappa shape index (κ1) is 13.9. The van der Waals surface area contributed by atoms with Crippen molar-refractivity contribution in [2.75, 3.05) is 19.8 Å². The first-order valence-corrected chi connectivity index (χ1v) is 5.76. The van der Waals surface area contributed by atoms with Gasteiger partial charge >= 0.3 is 0 Å². The van der Waals surface area contributed by atoms with Crippen molar-refractivity contribution in [3.8, 4) is 5.75 Å². The lowest BCUT2D eigenvalue weighted by Crippen LogP contribution is -2.50. The monoisotopic (exact) mass is 241 g/mol. The second-order valence-corrected chi connectivity index (χ2v) is 4.42. The van der Waals surface area contributed by atoms with Crippen LogP contribution in [0.25, 0.3) is 0 Å². The molecule has 3 nitrogen and oxygen atoms in total. The molecule has 0 bridgehead atoms. The van der Waals surface area contributed by atoms with Crippen molar-refractivity contribution in [1.82, 2.24) is 5.32 Å². The Balaban J connectivity index is 2.69. The highest BCUT2D eigenvalue weighted by Crippen LogP contribution is 2.20. The number of nitrogens with one attached hydrogen (secondary N) is 1. The molecule has 1 unspecified atom stereocenters. The van der Waals surface area contributed by atoms with Gasteiger partial charge < -0.3 is 15.2 Å². The molecule has 17 heavy (non-hydrogen) atoms. The molecule has 0 spiro atoms. The summed E-state index contributed by atoms with van der Waals surface area (Å²) in [7, 11) is 0. The Hall–Kier alpha value is -1.13. The molecule has 0 aromatic heterocycles. The molecule has 1 aromatic rings. The van der Waals surface area contributed by atoms with Gasteiger partial charge in [0.05, 0.1) is 12.1 Å². The Labute approximate surface area is 102 Å². The minimum Gasteiger partial charge on any atom is -0.488 e. The topological polar surface area (TPSA) is 41.5 Å². The molecule has 0 radical (unpaired) electrons. The van der Waals surface area contributed by atoms with Crippen molar-refractivity contribution in [3.05, 3.63) is 29.6 Å². The highest BCUT2D eigenvalue weighted by Gasteiger charge is 2.23. The Morgan fingerprint density at radius 3 is 2.76 bits per heavy atom. The van der Waals surface area contributed by atoms with Gasteiger partial charge in [0.25, 0.3) is 0 Å². The van der Waals surface area contributed by atoms with E-state index in [1.54, 1.807) is 25.1 Å². The first-order chi connectivity index (χ1) is 8.02. The normalized spacial score (nSPS) is 14.4. The molecule has 0 aliphatic rings. The number of benzene rings is 1. The molecule has 0 aliphatic carbocycles. The number of hydrogen-bond acceptors (Lipinski definition) is 3. The lowest BCUT2D eigenvalue weighted by atomic mass is 10.1. The molecule has 1 aromatic carbocycles. The number of aliphatic hydroxyl groups excluding tert-OH is 1. The third-order valence-electron chi connectivity index (χ3n) is 2.66. The van der Waals surface area contributed by atoms with Crippen LogP contribution in [0.1, 0.15) is 19.4 Å². The van der Waals surface area contributed by atoms with Crippen LogP contribution in [0.4, 0.5) is 4.39 Å². The third-order valence-corrected chi connectivity index (χ3v) is 2.66. The summed E-state index contributed by atoms with van der Waals surface area (Å²) in [5, 5.41) is 12.4.